The molecule has 2 aliphatic rings. The first-order chi connectivity index (χ1) is 15.9. The van der Waals surface area contributed by atoms with Gasteiger partial charge in [0.05, 0.1) is 11.3 Å². The molecule has 0 saturated heterocycles. The maximum Gasteiger partial charge on any atom is 0.282 e. The standard InChI is InChI=1S/C26H21ClN2O4/c1-15-6-7-17(12-16(15)2)23-24(28-19-8-9-21-22(14-19)33-11-10-32-21)26(31)29(25(23)30)20-5-3-4-18(27)13-20/h3-9,12-14,28H,10-11H2,1-2H3. The molecule has 33 heavy (non-hydrogen) atoms. The number of rotatable bonds is 4. The fourth-order valence-corrected chi connectivity index (χ4v) is 4.11. The normalized spacial score (nSPS) is 15.3. The highest BCUT2D eigenvalue weighted by atomic mass is 35.5. The summed E-state index contributed by atoms with van der Waals surface area (Å²) in [5.41, 5.74) is 4.32. The van der Waals surface area contributed by atoms with E-state index in [9.17, 15) is 9.59 Å². The number of hydrogen-bond donors (Lipinski definition) is 1. The van der Waals surface area contributed by atoms with Crippen LogP contribution in [-0.4, -0.2) is 25.0 Å². The molecule has 5 rings (SSSR count). The van der Waals surface area contributed by atoms with Crippen molar-refractivity contribution in [3.63, 3.8) is 0 Å². The number of nitrogens with zero attached hydrogens (tertiary/aromatic N) is 1. The van der Waals surface area contributed by atoms with Gasteiger partial charge in [-0.15, -0.1) is 0 Å². The van der Waals surface area contributed by atoms with Gasteiger partial charge in [-0.25, -0.2) is 4.90 Å². The maximum absolute atomic E-state index is 13.6. The monoisotopic (exact) mass is 460 g/mol. The highest BCUT2D eigenvalue weighted by molar-refractivity contribution is 6.46. The predicted molar refractivity (Wildman–Crippen MR) is 128 cm³/mol. The fraction of sp³-hybridized carbons (Fsp3) is 0.154. The number of carbonyl (C=O) groups is 2. The van der Waals surface area contributed by atoms with E-state index in [0.717, 1.165) is 16.0 Å². The minimum Gasteiger partial charge on any atom is -0.486 e. The number of halogens is 1. The topological polar surface area (TPSA) is 67.9 Å². The lowest BCUT2D eigenvalue weighted by atomic mass is 9.99. The molecule has 2 heterocycles. The van der Waals surface area contributed by atoms with Gasteiger partial charge in [0.25, 0.3) is 11.8 Å². The third-order valence-corrected chi connectivity index (χ3v) is 5.99. The van der Waals surface area contributed by atoms with Crippen molar-refractivity contribution < 1.29 is 19.1 Å². The lowest BCUT2D eigenvalue weighted by Gasteiger charge is -2.19. The van der Waals surface area contributed by atoms with Crippen molar-refractivity contribution in [3.8, 4) is 11.5 Å². The van der Waals surface area contributed by atoms with Crippen LogP contribution in [0.2, 0.25) is 5.02 Å². The summed E-state index contributed by atoms with van der Waals surface area (Å²) in [6, 6.07) is 17.7. The van der Waals surface area contributed by atoms with E-state index in [1.54, 1.807) is 42.5 Å². The highest BCUT2D eigenvalue weighted by Gasteiger charge is 2.40. The van der Waals surface area contributed by atoms with Crippen LogP contribution in [0.5, 0.6) is 11.5 Å². The molecule has 1 N–H and O–H groups in total. The zero-order valence-corrected chi connectivity index (χ0v) is 18.9. The van der Waals surface area contributed by atoms with Gasteiger partial charge in [0.1, 0.15) is 18.9 Å². The number of aryl methyl sites for hydroxylation is 2. The molecule has 0 unspecified atom stereocenters. The number of carbonyl (C=O) groups excluding carboxylic acids is 2. The van der Waals surface area contributed by atoms with Crippen molar-refractivity contribution in [1.82, 2.24) is 0 Å². The van der Waals surface area contributed by atoms with Gasteiger partial charge in [0, 0.05) is 16.8 Å². The van der Waals surface area contributed by atoms with Crippen LogP contribution in [0.25, 0.3) is 5.57 Å². The van der Waals surface area contributed by atoms with Crippen molar-refractivity contribution in [3.05, 3.63) is 88.1 Å². The van der Waals surface area contributed by atoms with Crippen LogP contribution < -0.4 is 19.7 Å². The summed E-state index contributed by atoms with van der Waals surface area (Å²) >= 11 is 6.14. The fourth-order valence-electron chi connectivity index (χ4n) is 3.93. The van der Waals surface area contributed by atoms with Crippen LogP contribution in [-0.2, 0) is 9.59 Å². The number of imide groups is 1. The smallest absolute Gasteiger partial charge is 0.282 e. The van der Waals surface area contributed by atoms with Gasteiger partial charge in [-0.1, -0.05) is 35.9 Å². The third kappa shape index (κ3) is 3.83. The summed E-state index contributed by atoms with van der Waals surface area (Å²) in [5, 5.41) is 3.61. The predicted octanol–water partition coefficient (Wildman–Crippen LogP) is 5.12. The molecule has 0 atom stereocenters. The molecule has 2 aliphatic heterocycles. The zero-order chi connectivity index (χ0) is 23.1. The molecular weight excluding hydrogens is 440 g/mol. The number of ether oxygens (including phenoxy) is 2. The van der Waals surface area contributed by atoms with Crippen molar-refractivity contribution in [2.75, 3.05) is 23.4 Å². The Balaban J connectivity index is 1.61. The van der Waals surface area contributed by atoms with Crippen LogP contribution in [0, 0.1) is 13.8 Å². The molecular formula is C26H21ClN2O4. The molecule has 3 aromatic rings. The van der Waals surface area contributed by atoms with Crippen LogP contribution in [0.1, 0.15) is 16.7 Å². The van der Waals surface area contributed by atoms with Crippen LogP contribution >= 0.6 is 11.6 Å². The van der Waals surface area contributed by atoms with E-state index in [0.29, 0.717) is 52.2 Å². The number of benzene rings is 3. The van der Waals surface area contributed by atoms with Gasteiger partial charge in [-0.3, -0.25) is 9.59 Å². The first kappa shape index (κ1) is 21.1. The first-order valence-corrected chi connectivity index (χ1v) is 10.9. The van der Waals surface area contributed by atoms with E-state index in [1.165, 1.54) is 0 Å². The van der Waals surface area contributed by atoms with E-state index in [2.05, 4.69) is 5.32 Å². The summed E-state index contributed by atoms with van der Waals surface area (Å²) < 4.78 is 11.2. The molecule has 7 heteroatoms. The van der Waals surface area contributed by atoms with Gasteiger partial charge < -0.3 is 14.8 Å². The summed E-state index contributed by atoms with van der Waals surface area (Å²) in [6.07, 6.45) is 0. The average molecular weight is 461 g/mol. The summed E-state index contributed by atoms with van der Waals surface area (Å²) in [5.74, 6) is 0.364. The van der Waals surface area contributed by atoms with Gasteiger partial charge in [-0.05, 0) is 60.9 Å². The lowest BCUT2D eigenvalue weighted by molar-refractivity contribution is -0.120. The quantitative estimate of drug-likeness (QED) is 0.547. The van der Waals surface area contributed by atoms with Gasteiger partial charge in [0.15, 0.2) is 11.5 Å². The number of fused-ring (bicyclic) bond motifs is 1. The second-order valence-electron chi connectivity index (χ2n) is 7.96. The van der Waals surface area contributed by atoms with E-state index in [1.807, 2.05) is 32.0 Å². The first-order valence-electron chi connectivity index (χ1n) is 10.6. The Kier molecular flexibility index (Phi) is 5.30. The molecule has 3 aromatic carbocycles. The molecule has 2 amide bonds. The minimum atomic E-state index is -0.453. The SMILES string of the molecule is Cc1ccc(C2=C(Nc3ccc4c(c3)OCCO4)C(=O)N(c3cccc(Cl)c3)C2=O)cc1C. The summed E-state index contributed by atoms with van der Waals surface area (Å²) in [7, 11) is 0. The van der Waals surface area contributed by atoms with Crippen molar-refractivity contribution >= 4 is 40.4 Å². The largest absolute Gasteiger partial charge is 0.486 e. The molecule has 0 aromatic heterocycles. The van der Waals surface area contributed by atoms with E-state index in [4.69, 9.17) is 21.1 Å². The van der Waals surface area contributed by atoms with Crippen LogP contribution in [0.15, 0.2) is 66.4 Å². The molecule has 0 spiro atoms. The van der Waals surface area contributed by atoms with E-state index >= 15 is 0 Å². The second-order valence-corrected chi connectivity index (χ2v) is 8.39. The number of hydrogen-bond acceptors (Lipinski definition) is 5. The summed E-state index contributed by atoms with van der Waals surface area (Å²) in [6.45, 7) is 4.92. The Morgan fingerprint density at radius 1 is 0.848 bits per heavy atom. The average Bonchev–Trinajstić information content (AvgIpc) is 3.05. The number of nitrogens with one attached hydrogen (secondary N) is 1. The van der Waals surface area contributed by atoms with Crippen LogP contribution in [0.3, 0.4) is 0 Å². The maximum atomic E-state index is 13.6. The Morgan fingerprint density at radius 2 is 1.64 bits per heavy atom. The molecule has 166 valence electrons. The van der Waals surface area contributed by atoms with Crippen molar-refractivity contribution in [1.29, 1.82) is 0 Å². The van der Waals surface area contributed by atoms with Gasteiger partial charge >= 0.3 is 0 Å². The Bertz CT molecular complexity index is 1330. The van der Waals surface area contributed by atoms with Crippen molar-refractivity contribution in [2.24, 2.45) is 0 Å². The Morgan fingerprint density at radius 3 is 2.39 bits per heavy atom. The lowest BCUT2D eigenvalue weighted by Crippen LogP contribution is -2.32. The molecule has 0 aliphatic carbocycles. The number of amides is 2. The summed E-state index contributed by atoms with van der Waals surface area (Å²) in [4.78, 5) is 28.3. The minimum absolute atomic E-state index is 0.194. The molecule has 6 nitrogen and oxygen atoms in total. The number of anilines is 2. The highest BCUT2D eigenvalue weighted by Crippen LogP contribution is 2.37. The Labute approximate surface area is 196 Å². The van der Waals surface area contributed by atoms with Crippen molar-refractivity contribution in [2.45, 2.75) is 13.8 Å². The molecule has 0 bridgehead atoms. The van der Waals surface area contributed by atoms with E-state index < -0.39 is 11.8 Å². The van der Waals surface area contributed by atoms with Crippen LogP contribution in [0.4, 0.5) is 11.4 Å². The third-order valence-electron chi connectivity index (χ3n) is 5.76. The molecule has 0 fully saturated rings. The van der Waals surface area contributed by atoms with Gasteiger partial charge in [0.2, 0.25) is 0 Å². The molecule has 0 saturated carbocycles. The molecule has 0 radical (unpaired) electrons. The van der Waals surface area contributed by atoms with Gasteiger partial charge in [-0.2, -0.15) is 0 Å². The second kappa shape index (κ2) is 8.30. The zero-order valence-electron chi connectivity index (χ0n) is 18.1. The van der Waals surface area contributed by atoms with E-state index in [-0.39, 0.29) is 5.70 Å². The Hall–Kier alpha value is -3.77.